The molecule has 2 fully saturated rings. The zero-order valence-electron chi connectivity index (χ0n) is 14.3. The van der Waals surface area contributed by atoms with Crippen molar-refractivity contribution in [2.45, 2.75) is 38.1 Å². The zero-order valence-corrected chi connectivity index (χ0v) is 14.3. The van der Waals surface area contributed by atoms with Gasteiger partial charge in [0.2, 0.25) is 0 Å². The first-order valence-corrected chi connectivity index (χ1v) is 9.15. The van der Waals surface area contributed by atoms with E-state index < -0.39 is 0 Å². The highest BCUT2D eigenvalue weighted by Gasteiger charge is 2.14. The molecule has 132 valence electrons. The second-order valence-corrected chi connectivity index (χ2v) is 6.66. The number of benzene rings is 1. The normalized spacial score (nSPS) is 20.8. The molecule has 2 aliphatic rings. The molecule has 3 rings (SSSR count). The van der Waals surface area contributed by atoms with Crippen molar-refractivity contribution in [2.24, 2.45) is 0 Å². The molecule has 0 spiro atoms. The molecule has 2 amide bonds. The summed E-state index contributed by atoms with van der Waals surface area (Å²) >= 11 is 0. The maximum atomic E-state index is 11.8. The Morgan fingerprint density at radius 1 is 1.12 bits per heavy atom. The number of hydrazine groups is 1. The fourth-order valence-corrected chi connectivity index (χ4v) is 3.31. The van der Waals surface area contributed by atoms with Gasteiger partial charge >= 0.3 is 6.03 Å². The monoisotopic (exact) mass is 331 g/mol. The lowest BCUT2D eigenvalue weighted by molar-refractivity contribution is 0.240. The van der Waals surface area contributed by atoms with Crippen molar-refractivity contribution >= 4 is 11.7 Å². The number of piperidine rings is 1. The Kier molecular flexibility index (Phi) is 6.32. The molecule has 2 heterocycles. The molecule has 1 atom stereocenters. The van der Waals surface area contributed by atoms with Crippen molar-refractivity contribution in [1.29, 1.82) is 0 Å². The maximum absolute atomic E-state index is 11.8. The van der Waals surface area contributed by atoms with E-state index in [2.05, 4.69) is 50.7 Å². The lowest BCUT2D eigenvalue weighted by Gasteiger charge is -2.28. The van der Waals surface area contributed by atoms with Crippen LogP contribution in [0.4, 0.5) is 10.5 Å². The van der Waals surface area contributed by atoms with Crippen LogP contribution in [0.5, 0.6) is 0 Å². The van der Waals surface area contributed by atoms with Gasteiger partial charge in [0.25, 0.3) is 0 Å². The first-order valence-electron chi connectivity index (χ1n) is 9.15. The van der Waals surface area contributed by atoms with E-state index >= 15 is 0 Å². The number of rotatable bonds is 6. The Labute approximate surface area is 144 Å². The lowest BCUT2D eigenvalue weighted by atomic mass is 10.1. The van der Waals surface area contributed by atoms with Crippen LogP contribution >= 0.6 is 0 Å². The van der Waals surface area contributed by atoms with Gasteiger partial charge in [-0.05, 0) is 49.8 Å². The van der Waals surface area contributed by atoms with Gasteiger partial charge in [-0.3, -0.25) is 10.9 Å². The van der Waals surface area contributed by atoms with Crippen LogP contribution in [-0.4, -0.2) is 44.8 Å². The number of hydrogen-bond acceptors (Lipinski definition) is 4. The molecule has 1 aromatic rings. The summed E-state index contributed by atoms with van der Waals surface area (Å²) in [6.07, 6.45) is 5.86. The molecule has 2 aliphatic heterocycles. The van der Waals surface area contributed by atoms with Crippen molar-refractivity contribution in [3.8, 4) is 0 Å². The maximum Gasteiger partial charge on any atom is 0.314 e. The number of hydrogen-bond donors (Lipinski definition) is 4. The Hall–Kier alpha value is -1.79. The summed E-state index contributed by atoms with van der Waals surface area (Å²) in [4.78, 5) is 14.2. The quantitative estimate of drug-likeness (QED) is 0.636. The second kappa shape index (κ2) is 8.89. The van der Waals surface area contributed by atoms with E-state index in [0.29, 0.717) is 19.1 Å². The summed E-state index contributed by atoms with van der Waals surface area (Å²) in [5.41, 5.74) is 8.78. The predicted molar refractivity (Wildman–Crippen MR) is 97.2 cm³/mol. The average molecular weight is 331 g/mol. The summed E-state index contributed by atoms with van der Waals surface area (Å²) in [5.74, 6) is 0. The first kappa shape index (κ1) is 17.0. The van der Waals surface area contributed by atoms with Gasteiger partial charge in [0.15, 0.2) is 0 Å². The van der Waals surface area contributed by atoms with Crippen LogP contribution in [0.15, 0.2) is 24.3 Å². The summed E-state index contributed by atoms with van der Waals surface area (Å²) < 4.78 is 0. The topological polar surface area (TPSA) is 68.4 Å². The van der Waals surface area contributed by atoms with Gasteiger partial charge in [-0.25, -0.2) is 4.79 Å². The smallest absolute Gasteiger partial charge is 0.314 e. The van der Waals surface area contributed by atoms with Gasteiger partial charge < -0.3 is 15.5 Å². The van der Waals surface area contributed by atoms with E-state index in [4.69, 9.17) is 0 Å². The lowest BCUT2D eigenvalue weighted by Crippen LogP contribution is -2.44. The average Bonchev–Trinajstić information content (AvgIpc) is 3.15. The third-order valence-electron chi connectivity index (χ3n) is 4.79. The van der Waals surface area contributed by atoms with Crippen molar-refractivity contribution in [3.05, 3.63) is 29.8 Å². The molecule has 6 nitrogen and oxygen atoms in total. The zero-order chi connectivity index (χ0) is 16.6. The van der Waals surface area contributed by atoms with Crippen molar-refractivity contribution in [1.82, 2.24) is 21.5 Å². The fraction of sp³-hybridized carbons (Fsp3) is 0.611. The van der Waals surface area contributed by atoms with Crippen molar-refractivity contribution < 1.29 is 4.79 Å². The van der Waals surface area contributed by atoms with E-state index in [1.54, 1.807) is 0 Å². The molecule has 6 heteroatoms. The SMILES string of the molecule is O=C(NCCc1ccc(N2CCCCC2)cc1)NCC1CCNN1. The number of amides is 2. The molecular weight excluding hydrogens is 302 g/mol. The van der Waals surface area contributed by atoms with Gasteiger partial charge in [0.05, 0.1) is 0 Å². The number of carbonyl (C=O) groups is 1. The standard InChI is InChI=1S/C18H29N5O/c24-18(20-14-16-9-11-21-22-16)19-10-8-15-4-6-17(7-5-15)23-12-2-1-3-13-23/h4-7,16,21-22H,1-3,8-14H2,(H2,19,20,24). The van der Waals surface area contributed by atoms with Gasteiger partial charge in [0.1, 0.15) is 0 Å². The van der Waals surface area contributed by atoms with E-state index in [-0.39, 0.29) is 6.03 Å². The third-order valence-corrected chi connectivity index (χ3v) is 4.79. The van der Waals surface area contributed by atoms with E-state index in [1.165, 1.54) is 43.6 Å². The Morgan fingerprint density at radius 2 is 1.92 bits per heavy atom. The highest BCUT2D eigenvalue weighted by atomic mass is 16.2. The molecule has 1 unspecified atom stereocenters. The number of nitrogens with one attached hydrogen (secondary N) is 4. The highest BCUT2D eigenvalue weighted by Crippen LogP contribution is 2.20. The fourth-order valence-electron chi connectivity index (χ4n) is 3.31. The molecule has 0 aromatic heterocycles. The molecule has 4 N–H and O–H groups in total. The van der Waals surface area contributed by atoms with Gasteiger partial charge in [-0.15, -0.1) is 0 Å². The largest absolute Gasteiger partial charge is 0.372 e. The molecule has 0 bridgehead atoms. The van der Waals surface area contributed by atoms with Crippen molar-refractivity contribution in [2.75, 3.05) is 37.6 Å². The van der Waals surface area contributed by atoms with Crippen LogP contribution in [-0.2, 0) is 6.42 Å². The number of anilines is 1. The number of nitrogens with zero attached hydrogens (tertiary/aromatic N) is 1. The summed E-state index contributed by atoms with van der Waals surface area (Å²) in [5, 5.41) is 5.83. The summed E-state index contributed by atoms with van der Waals surface area (Å²) in [6, 6.07) is 9.01. The number of carbonyl (C=O) groups excluding carboxylic acids is 1. The minimum Gasteiger partial charge on any atom is -0.372 e. The van der Waals surface area contributed by atoms with Gasteiger partial charge in [0, 0.05) is 44.5 Å². The highest BCUT2D eigenvalue weighted by molar-refractivity contribution is 5.73. The molecule has 0 radical (unpaired) electrons. The summed E-state index contributed by atoms with van der Waals surface area (Å²) in [7, 11) is 0. The Balaban J connectivity index is 1.34. The van der Waals surface area contributed by atoms with Crippen LogP contribution in [0.2, 0.25) is 0 Å². The van der Waals surface area contributed by atoms with Crippen LogP contribution in [0.3, 0.4) is 0 Å². The second-order valence-electron chi connectivity index (χ2n) is 6.66. The Morgan fingerprint density at radius 3 is 2.62 bits per heavy atom. The Bertz CT molecular complexity index is 507. The third kappa shape index (κ3) is 5.11. The first-order chi connectivity index (χ1) is 11.8. The van der Waals surface area contributed by atoms with E-state index in [1.807, 2.05) is 0 Å². The van der Waals surface area contributed by atoms with Gasteiger partial charge in [-0.2, -0.15) is 0 Å². The van der Waals surface area contributed by atoms with Crippen LogP contribution in [0.1, 0.15) is 31.2 Å². The van der Waals surface area contributed by atoms with Crippen LogP contribution in [0, 0.1) is 0 Å². The number of urea groups is 1. The minimum atomic E-state index is -0.0892. The van der Waals surface area contributed by atoms with E-state index in [0.717, 1.165) is 19.4 Å². The molecule has 24 heavy (non-hydrogen) atoms. The molecule has 0 saturated carbocycles. The van der Waals surface area contributed by atoms with E-state index in [9.17, 15) is 4.79 Å². The molecule has 2 saturated heterocycles. The minimum absolute atomic E-state index is 0.0892. The molecular formula is C18H29N5O. The van der Waals surface area contributed by atoms with Crippen LogP contribution in [0.25, 0.3) is 0 Å². The van der Waals surface area contributed by atoms with Crippen LogP contribution < -0.4 is 26.4 Å². The summed E-state index contributed by atoms with van der Waals surface area (Å²) in [6.45, 7) is 4.62. The molecule has 0 aliphatic carbocycles. The molecule has 1 aromatic carbocycles. The predicted octanol–water partition coefficient (Wildman–Crippen LogP) is 1.39. The van der Waals surface area contributed by atoms with Gasteiger partial charge in [-0.1, -0.05) is 12.1 Å². The van der Waals surface area contributed by atoms with Crippen molar-refractivity contribution in [3.63, 3.8) is 0 Å².